The number of allylic oxidation sites excluding steroid dienone is 1. The van der Waals surface area contributed by atoms with Crippen LogP contribution in [0.4, 0.5) is 0 Å². The van der Waals surface area contributed by atoms with Gasteiger partial charge < -0.3 is 14.2 Å². The first kappa shape index (κ1) is 22.8. The summed E-state index contributed by atoms with van der Waals surface area (Å²) in [5, 5.41) is 1.06. The molecule has 3 aromatic rings. The molecule has 7 heteroatoms. The maximum Gasteiger partial charge on any atom is 0.231 e. The predicted octanol–water partition coefficient (Wildman–Crippen LogP) is 6.67. The lowest BCUT2D eigenvalue weighted by molar-refractivity contribution is 0.0876. The van der Waals surface area contributed by atoms with Crippen molar-refractivity contribution in [3.8, 4) is 17.2 Å². The topological polar surface area (TPSA) is 48.0 Å². The fourth-order valence-corrected chi connectivity index (χ4v) is 4.59. The molecule has 5 nitrogen and oxygen atoms in total. The molecule has 0 aliphatic carbocycles. The molecule has 3 aromatic carbocycles. The molecule has 2 aliphatic rings. The summed E-state index contributed by atoms with van der Waals surface area (Å²) in [6.07, 6.45) is 1.76. The van der Waals surface area contributed by atoms with Crippen molar-refractivity contribution < 1.29 is 19.0 Å². The zero-order valence-corrected chi connectivity index (χ0v) is 20.4. The Labute approximate surface area is 208 Å². The van der Waals surface area contributed by atoms with E-state index in [-0.39, 0.29) is 5.78 Å². The van der Waals surface area contributed by atoms with Crippen LogP contribution in [-0.2, 0) is 13.1 Å². The third-order valence-electron chi connectivity index (χ3n) is 5.88. The van der Waals surface area contributed by atoms with Crippen molar-refractivity contribution in [2.75, 3.05) is 13.3 Å². The highest BCUT2D eigenvalue weighted by molar-refractivity contribution is 6.42. The first-order valence-electron chi connectivity index (χ1n) is 11.1. The molecule has 0 atom stereocenters. The molecule has 0 amide bonds. The maximum absolute atomic E-state index is 13.2. The number of nitrogens with zero attached hydrogens (tertiary/aromatic N) is 1. The number of hydrogen-bond donors (Lipinski definition) is 0. The molecule has 174 valence electrons. The van der Waals surface area contributed by atoms with Gasteiger partial charge in [0, 0.05) is 24.2 Å². The molecule has 0 N–H and O–H groups in total. The van der Waals surface area contributed by atoms with Gasteiger partial charge in [-0.1, -0.05) is 41.4 Å². The zero-order valence-electron chi connectivity index (χ0n) is 18.9. The van der Waals surface area contributed by atoms with Crippen molar-refractivity contribution in [1.82, 2.24) is 4.90 Å². The Hall–Kier alpha value is -2.99. The standard InChI is InChI=1S/C27H23Cl2NO4/c1-3-32-20-7-4-17(5-8-20)11-24-25(31)21-12-19-14-30(13-18-6-9-22(28)23(29)10-18)15-33-26(19)16(2)27(21)34-24/h4-12H,3,13-15H2,1-2H3/b24-11-. The number of fused-ring (bicyclic) bond motifs is 2. The van der Waals surface area contributed by atoms with Crippen LogP contribution < -0.4 is 14.2 Å². The molecular formula is C27H23Cl2NO4. The molecule has 0 spiro atoms. The molecule has 34 heavy (non-hydrogen) atoms. The minimum absolute atomic E-state index is 0.128. The lowest BCUT2D eigenvalue weighted by atomic mass is 10.00. The number of rotatable bonds is 5. The fourth-order valence-electron chi connectivity index (χ4n) is 4.27. The zero-order chi connectivity index (χ0) is 23.8. The number of halogens is 2. The van der Waals surface area contributed by atoms with E-state index < -0.39 is 0 Å². The van der Waals surface area contributed by atoms with Crippen LogP contribution in [0.2, 0.25) is 10.0 Å². The molecule has 5 rings (SSSR count). The van der Waals surface area contributed by atoms with Gasteiger partial charge in [0.15, 0.2) is 5.76 Å². The van der Waals surface area contributed by atoms with Gasteiger partial charge >= 0.3 is 0 Å². The molecule has 2 heterocycles. The van der Waals surface area contributed by atoms with E-state index in [1.807, 2.05) is 56.3 Å². The van der Waals surface area contributed by atoms with Crippen molar-refractivity contribution in [3.05, 3.63) is 92.2 Å². The maximum atomic E-state index is 13.2. The molecule has 0 saturated heterocycles. The van der Waals surface area contributed by atoms with Gasteiger partial charge in [-0.25, -0.2) is 0 Å². The highest BCUT2D eigenvalue weighted by Crippen LogP contribution is 2.43. The van der Waals surface area contributed by atoms with Crippen molar-refractivity contribution in [1.29, 1.82) is 0 Å². The van der Waals surface area contributed by atoms with Gasteiger partial charge in [0.05, 0.1) is 22.2 Å². The second-order valence-corrected chi connectivity index (χ2v) is 9.13. The van der Waals surface area contributed by atoms with E-state index >= 15 is 0 Å². The SMILES string of the molecule is CCOc1ccc(/C=C2\Oc3c(cc4c(c3C)OCN(Cc3ccc(Cl)c(Cl)c3)C4)C2=O)cc1. The van der Waals surface area contributed by atoms with Crippen LogP contribution in [0, 0.1) is 6.92 Å². The van der Waals surface area contributed by atoms with Gasteiger partial charge in [0.25, 0.3) is 0 Å². The Morgan fingerprint density at radius 2 is 1.85 bits per heavy atom. The first-order chi connectivity index (χ1) is 16.4. The van der Waals surface area contributed by atoms with Crippen molar-refractivity contribution in [2.45, 2.75) is 26.9 Å². The van der Waals surface area contributed by atoms with Crippen LogP contribution >= 0.6 is 23.2 Å². The average molecular weight is 496 g/mol. The average Bonchev–Trinajstić information content (AvgIpc) is 3.13. The highest BCUT2D eigenvalue weighted by Gasteiger charge is 2.33. The first-order valence-corrected chi connectivity index (χ1v) is 11.8. The predicted molar refractivity (Wildman–Crippen MR) is 133 cm³/mol. The third kappa shape index (κ3) is 4.39. The Bertz CT molecular complexity index is 1300. The number of hydrogen-bond acceptors (Lipinski definition) is 5. The Balaban J connectivity index is 1.37. The van der Waals surface area contributed by atoms with E-state index in [0.29, 0.717) is 53.5 Å². The Morgan fingerprint density at radius 1 is 1.06 bits per heavy atom. The van der Waals surface area contributed by atoms with Gasteiger partial charge in [0.1, 0.15) is 24.0 Å². The fraction of sp³-hybridized carbons (Fsp3) is 0.222. The summed E-state index contributed by atoms with van der Waals surface area (Å²) in [5.41, 5.74) is 4.27. The molecule has 0 aromatic heterocycles. The van der Waals surface area contributed by atoms with E-state index in [9.17, 15) is 4.79 Å². The molecule has 0 radical (unpaired) electrons. The molecule has 0 fully saturated rings. The number of Topliss-reactive ketones (excluding diaryl/α,β-unsaturated/α-hetero) is 1. The van der Waals surface area contributed by atoms with Crippen LogP contribution in [0.3, 0.4) is 0 Å². The van der Waals surface area contributed by atoms with E-state index in [1.54, 1.807) is 12.1 Å². The number of ketones is 1. The molecule has 0 unspecified atom stereocenters. The second kappa shape index (κ2) is 9.34. The summed E-state index contributed by atoms with van der Waals surface area (Å²) < 4.78 is 17.6. The van der Waals surface area contributed by atoms with Gasteiger partial charge in [-0.15, -0.1) is 0 Å². The van der Waals surface area contributed by atoms with Crippen molar-refractivity contribution in [2.24, 2.45) is 0 Å². The molecule has 0 bridgehead atoms. The van der Waals surface area contributed by atoms with Crippen LogP contribution in [0.5, 0.6) is 17.2 Å². The smallest absolute Gasteiger partial charge is 0.231 e. The van der Waals surface area contributed by atoms with Gasteiger partial charge in [-0.05, 0) is 61.4 Å². The van der Waals surface area contributed by atoms with E-state index in [2.05, 4.69) is 4.90 Å². The largest absolute Gasteiger partial charge is 0.494 e. The normalized spacial score (nSPS) is 16.1. The van der Waals surface area contributed by atoms with Gasteiger partial charge in [0.2, 0.25) is 5.78 Å². The minimum Gasteiger partial charge on any atom is -0.494 e. The summed E-state index contributed by atoms with van der Waals surface area (Å²) in [4.78, 5) is 15.3. The molecule has 0 saturated carbocycles. The van der Waals surface area contributed by atoms with Crippen LogP contribution in [0.1, 0.15) is 39.5 Å². The minimum atomic E-state index is -0.128. The van der Waals surface area contributed by atoms with Crippen LogP contribution in [0.15, 0.2) is 54.3 Å². The molecule has 2 aliphatic heterocycles. The second-order valence-electron chi connectivity index (χ2n) is 8.32. The van der Waals surface area contributed by atoms with Crippen molar-refractivity contribution >= 4 is 35.1 Å². The van der Waals surface area contributed by atoms with Gasteiger partial charge in [-0.2, -0.15) is 0 Å². The van der Waals surface area contributed by atoms with E-state index in [0.717, 1.165) is 33.8 Å². The van der Waals surface area contributed by atoms with E-state index in [1.165, 1.54) is 0 Å². The lowest BCUT2D eigenvalue weighted by Gasteiger charge is -2.30. The summed E-state index contributed by atoms with van der Waals surface area (Å²) in [5.74, 6) is 2.31. The third-order valence-corrected chi connectivity index (χ3v) is 6.62. The summed E-state index contributed by atoms with van der Waals surface area (Å²) in [6, 6.07) is 15.1. The quantitative estimate of drug-likeness (QED) is 0.370. The molecular weight excluding hydrogens is 473 g/mol. The summed E-state index contributed by atoms with van der Waals surface area (Å²) >= 11 is 12.2. The number of benzene rings is 3. The van der Waals surface area contributed by atoms with Gasteiger partial charge in [-0.3, -0.25) is 9.69 Å². The summed E-state index contributed by atoms with van der Waals surface area (Å²) in [7, 11) is 0. The van der Waals surface area contributed by atoms with Crippen molar-refractivity contribution in [3.63, 3.8) is 0 Å². The van der Waals surface area contributed by atoms with E-state index in [4.69, 9.17) is 37.4 Å². The monoisotopic (exact) mass is 495 g/mol. The number of ether oxygens (including phenoxy) is 3. The highest BCUT2D eigenvalue weighted by atomic mass is 35.5. The van der Waals surface area contributed by atoms with Crippen LogP contribution in [0.25, 0.3) is 6.08 Å². The number of carbonyl (C=O) groups is 1. The summed E-state index contributed by atoms with van der Waals surface area (Å²) in [6.45, 7) is 6.20. The van der Waals surface area contributed by atoms with Crippen LogP contribution in [-0.4, -0.2) is 24.0 Å². The lowest BCUT2D eigenvalue weighted by Crippen LogP contribution is -2.32. The number of carbonyl (C=O) groups excluding carboxylic acids is 1. The Kier molecular flexibility index (Phi) is 6.26. The Morgan fingerprint density at radius 3 is 2.59 bits per heavy atom.